The van der Waals surface area contributed by atoms with Gasteiger partial charge in [-0.3, -0.25) is 9.69 Å². The van der Waals surface area contributed by atoms with Gasteiger partial charge in [0.1, 0.15) is 5.52 Å². The third kappa shape index (κ3) is 5.95. The largest absolute Gasteiger partial charge is 0.389 e. The fourth-order valence-corrected chi connectivity index (χ4v) is 4.84. The number of hydrogen-bond donors (Lipinski definition) is 4. The summed E-state index contributed by atoms with van der Waals surface area (Å²) in [4.78, 5) is 27.5. The summed E-state index contributed by atoms with van der Waals surface area (Å²) < 4.78 is 30.3. The van der Waals surface area contributed by atoms with Gasteiger partial charge in [0.15, 0.2) is 11.6 Å². The monoisotopic (exact) mass is 547 g/mol. The van der Waals surface area contributed by atoms with Crippen molar-refractivity contribution in [1.29, 1.82) is 0 Å². The van der Waals surface area contributed by atoms with Crippen LogP contribution >= 0.6 is 0 Å². The molecule has 0 atom stereocenters. The standard InChI is InChI=1S/C29H31F2N7O2/c1-4-24(39)34-19-7-5-6-18(14-19)20-15-32-22-16-33-28(36-27(20)22)35-21-8-9-23(26(31)25(21)30)38-12-10-37(11-13-38)17-29(2,3)40/h4-9,14-16,32,40H,1,10-13,17H2,2-3H3,(H,34,39)(H,33,35,36). The van der Waals surface area contributed by atoms with E-state index in [4.69, 9.17) is 0 Å². The van der Waals surface area contributed by atoms with Crippen LogP contribution in [0.2, 0.25) is 0 Å². The zero-order valence-corrected chi connectivity index (χ0v) is 22.3. The molecule has 2 aromatic heterocycles. The van der Waals surface area contributed by atoms with Gasteiger partial charge in [-0.25, -0.2) is 18.7 Å². The summed E-state index contributed by atoms with van der Waals surface area (Å²) in [6.07, 6.45) is 4.53. The maximum atomic E-state index is 15.2. The van der Waals surface area contributed by atoms with Crippen LogP contribution in [0, 0.1) is 11.6 Å². The average molecular weight is 548 g/mol. The lowest BCUT2D eigenvalue weighted by Gasteiger charge is -2.38. The lowest BCUT2D eigenvalue weighted by molar-refractivity contribution is -0.111. The van der Waals surface area contributed by atoms with Gasteiger partial charge in [0, 0.05) is 50.2 Å². The second-order valence-electron chi connectivity index (χ2n) is 10.4. The quantitative estimate of drug-likeness (QED) is 0.238. The van der Waals surface area contributed by atoms with Crippen molar-refractivity contribution >= 4 is 40.0 Å². The molecule has 208 valence electrons. The minimum Gasteiger partial charge on any atom is -0.389 e. The van der Waals surface area contributed by atoms with E-state index in [2.05, 4.69) is 37.1 Å². The van der Waals surface area contributed by atoms with Crippen LogP contribution in [0.5, 0.6) is 0 Å². The lowest BCUT2D eigenvalue weighted by atomic mass is 10.1. The average Bonchev–Trinajstić information content (AvgIpc) is 3.35. The third-order valence-electron chi connectivity index (χ3n) is 6.67. The molecule has 2 aromatic carbocycles. The molecule has 1 aliphatic heterocycles. The van der Waals surface area contributed by atoms with Crippen LogP contribution in [0.3, 0.4) is 0 Å². The SMILES string of the molecule is C=CC(=O)Nc1cccc(-c2c[nH]c3cnc(Nc4ccc(N5CCN(CC(C)(C)O)CC5)c(F)c4F)nc23)c1. The summed E-state index contributed by atoms with van der Waals surface area (Å²) in [5, 5.41) is 15.6. The minimum absolute atomic E-state index is 0.0764. The van der Waals surface area contributed by atoms with E-state index in [1.54, 1.807) is 50.5 Å². The molecule has 3 heterocycles. The van der Waals surface area contributed by atoms with Crippen LogP contribution in [-0.4, -0.2) is 69.2 Å². The summed E-state index contributed by atoms with van der Waals surface area (Å²) in [5.41, 5.74) is 2.68. The molecule has 0 bridgehead atoms. The highest BCUT2D eigenvalue weighted by Crippen LogP contribution is 2.32. The highest BCUT2D eigenvalue weighted by atomic mass is 19.2. The molecule has 0 spiro atoms. The van der Waals surface area contributed by atoms with Crippen LogP contribution in [-0.2, 0) is 4.79 Å². The molecule has 11 heteroatoms. The molecule has 0 saturated carbocycles. The van der Waals surface area contributed by atoms with E-state index in [1.165, 1.54) is 12.1 Å². The van der Waals surface area contributed by atoms with E-state index in [1.807, 2.05) is 11.0 Å². The summed E-state index contributed by atoms with van der Waals surface area (Å²) in [6.45, 7) is 9.81. The molecule has 5 rings (SSSR count). The van der Waals surface area contributed by atoms with E-state index >= 15 is 8.78 Å². The number of β-amino-alcohol motifs (C(OH)–C–C–N with tert-alkyl or cyclic N) is 1. The van der Waals surface area contributed by atoms with Crippen LogP contribution in [0.15, 0.2) is 61.4 Å². The van der Waals surface area contributed by atoms with E-state index in [0.29, 0.717) is 49.4 Å². The number of benzene rings is 2. The van der Waals surface area contributed by atoms with Crippen molar-refractivity contribution in [2.24, 2.45) is 0 Å². The number of aromatic nitrogens is 3. The van der Waals surface area contributed by atoms with Crippen LogP contribution in [0.1, 0.15) is 13.8 Å². The van der Waals surface area contributed by atoms with Gasteiger partial charge in [0.25, 0.3) is 0 Å². The molecule has 1 amide bonds. The maximum absolute atomic E-state index is 15.2. The van der Waals surface area contributed by atoms with Gasteiger partial charge in [-0.15, -0.1) is 0 Å². The summed E-state index contributed by atoms with van der Waals surface area (Å²) in [6, 6.07) is 10.3. The van der Waals surface area contributed by atoms with E-state index in [-0.39, 0.29) is 23.2 Å². The molecule has 40 heavy (non-hydrogen) atoms. The number of amides is 1. The highest BCUT2D eigenvalue weighted by Gasteiger charge is 2.25. The molecule has 9 nitrogen and oxygen atoms in total. The number of fused-ring (bicyclic) bond motifs is 1. The number of carbonyl (C=O) groups is 1. The van der Waals surface area contributed by atoms with E-state index in [9.17, 15) is 9.90 Å². The summed E-state index contributed by atoms with van der Waals surface area (Å²) in [5.74, 6) is -2.17. The van der Waals surface area contributed by atoms with E-state index < -0.39 is 17.2 Å². The molecule has 4 aromatic rings. The predicted octanol–water partition coefficient (Wildman–Crippen LogP) is 4.66. The number of H-pyrrole nitrogens is 1. The third-order valence-corrected chi connectivity index (χ3v) is 6.67. The first-order valence-electron chi connectivity index (χ1n) is 12.9. The van der Waals surface area contributed by atoms with Crippen molar-refractivity contribution in [2.45, 2.75) is 19.4 Å². The number of aliphatic hydroxyl groups is 1. The van der Waals surface area contributed by atoms with Crippen molar-refractivity contribution in [1.82, 2.24) is 19.9 Å². The molecule has 0 radical (unpaired) electrons. The van der Waals surface area contributed by atoms with Gasteiger partial charge in [0.05, 0.1) is 28.7 Å². The van der Waals surface area contributed by atoms with Gasteiger partial charge < -0.3 is 25.6 Å². The van der Waals surface area contributed by atoms with Crippen LogP contribution < -0.4 is 15.5 Å². The van der Waals surface area contributed by atoms with Crippen molar-refractivity contribution in [3.8, 4) is 11.1 Å². The van der Waals surface area contributed by atoms with Crippen LogP contribution in [0.25, 0.3) is 22.2 Å². The van der Waals surface area contributed by atoms with Gasteiger partial charge in [-0.05, 0) is 49.8 Å². The first-order valence-corrected chi connectivity index (χ1v) is 12.9. The number of hydrogen-bond acceptors (Lipinski definition) is 7. The Kier molecular flexibility index (Phi) is 7.51. The molecule has 0 aliphatic carbocycles. The number of nitrogens with zero attached hydrogens (tertiary/aromatic N) is 4. The summed E-state index contributed by atoms with van der Waals surface area (Å²) >= 11 is 0. The Labute approximate surface area is 230 Å². The number of anilines is 4. The Bertz CT molecular complexity index is 1560. The first kappa shape index (κ1) is 27.2. The number of halogens is 2. The number of nitrogens with one attached hydrogen (secondary N) is 3. The zero-order valence-electron chi connectivity index (χ0n) is 22.3. The second-order valence-corrected chi connectivity index (χ2v) is 10.4. The Balaban J connectivity index is 1.34. The Hall–Kier alpha value is -4.35. The fourth-order valence-electron chi connectivity index (χ4n) is 4.84. The van der Waals surface area contributed by atoms with E-state index in [0.717, 1.165) is 11.1 Å². The predicted molar refractivity (Wildman–Crippen MR) is 153 cm³/mol. The summed E-state index contributed by atoms with van der Waals surface area (Å²) in [7, 11) is 0. The van der Waals surface area contributed by atoms with Crippen molar-refractivity contribution in [3.63, 3.8) is 0 Å². The van der Waals surface area contributed by atoms with Crippen molar-refractivity contribution in [2.75, 3.05) is 48.3 Å². The molecular formula is C29H31F2N7O2. The topological polar surface area (TPSA) is 109 Å². The van der Waals surface area contributed by atoms with Gasteiger partial charge >= 0.3 is 0 Å². The second kappa shape index (κ2) is 11.0. The molecule has 1 aliphatic rings. The molecule has 1 saturated heterocycles. The lowest BCUT2D eigenvalue weighted by Crippen LogP contribution is -2.50. The molecule has 1 fully saturated rings. The van der Waals surface area contributed by atoms with Crippen LogP contribution in [0.4, 0.5) is 31.8 Å². The van der Waals surface area contributed by atoms with Gasteiger partial charge in [-0.2, -0.15) is 0 Å². The molecular weight excluding hydrogens is 516 g/mol. The van der Waals surface area contributed by atoms with Gasteiger partial charge in [-0.1, -0.05) is 18.7 Å². The number of carbonyl (C=O) groups excluding carboxylic acids is 1. The fraction of sp³-hybridized carbons (Fsp3) is 0.276. The normalized spacial score (nSPS) is 14.4. The Morgan fingerprint density at radius 1 is 1.18 bits per heavy atom. The Morgan fingerprint density at radius 2 is 1.95 bits per heavy atom. The molecule has 4 N–H and O–H groups in total. The number of rotatable bonds is 8. The highest BCUT2D eigenvalue weighted by molar-refractivity contribution is 6.00. The van der Waals surface area contributed by atoms with Crippen molar-refractivity contribution < 1.29 is 18.7 Å². The van der Waals surface area contributed by atoms with Crippen molar-refractivity contribution in [3.05, 3.63) is 73.1 Å². The number of piperazine rings is 1. The first-order chi connectivity index (χ1) is 19.1. The zero-order chi connectivity index (χ0) is 28.4. The minimum atomic E-state index is -1.01. The maximum Gasteiger partial charge on any atom is 0.247 e. The molecule has 0 unspecified atom stereocenters. The smallest absolute Gasteiger partial charge is 0.247 e. The number of aromatic amines is 1. The Morgan fingerprint density at radius 3 is 2.67 bits per heavy atom. The van der Waals surface area contributed by atoms with Gasteiger partial charge in [0.2, 0.25) is 11.9 Å².